The van der Waals surface area contributed by atoms with Crippen LogP contribution in [0.3, 0.4) is 0 Å². The number of rotatable bonds is 10. The van der Waals surface area contributed by atoms with Crippen molar-refractivity contribution in [1.29, 1.82) is 0 Å². The van der Waals surface area contributed by atoms with Crippen molar-refractivity contribution in [2.24, 2.45) is 0 Å². The molecule has 7 nitrogen and oxygen atoms in total. The van der Waals surface area contributed by atoms with E-state index >= 15 is 0 Å². The van der Waals surface area contributed by atoms with Crippen LogP contribution >= 0.6 is 0 Å². The molecule has 0 fully saturated rings. The van der Waals surface area contributed by atoms with Gasteiger partial charge in [-0.25, -0.2) is 0 Å². The molecule has 1 heterocycles. The van der Waals surface area contributed by atoms with Gasteiger partial charge in [-0.1, -0.05) is 6.07 Å². The Balaban J connectivity index is 1.67. The fraction of sp³-hybridized carbons (Fsp3) is 0.200. The first-order valence-corrected chi connectivity index (χ1v) is 10.1. The van der Waals surface area contributed by atoms with Crippen LogP contribution < -0.4 is 24.3 Å². The number of pyridine rings is 1. The zero-order valence-corrected chi connectivity index (χ0v) is 18.3. The minimum atomic E-state index is -0.274. The summed E-state index contributed by atoms with van der Waals surface area (Å²) in [5.41, 5.74) is 2.39. The molecule has 0 spiro atoms. The smallest absolute Gasteiger partial charge is 0.248 e. The molecule has 3 aromatic rings. The van der Waals surface area contributed by atoms with Gasteiger partial charge < -0.3 is 24.3 Å². The Bertz CT molecular complexity index is 1070. The fourth-order valence-electron chi connectivity index (χ4n) is 2.93. The number of nitrogens with one attached hydrogen (secondary N) is 1. The average molecular weight is 434 g/mol. The van der Waals surface area contributed by atoms with Crippen molar-refractivity contribution in [1.82, 2.24) is 4.98 Å². The lowest BCUT2D eigenvalue weighted by Crippen LogP contribution is -2.08. The molecule has 1 amide bonds. The van der Waals surface area contributed by atoms with Crippen molar-refractivity contribution in [3.8, 4) is 23.0 Å². The Kier molecular flexibility index (Phi) is 8.09. The quantitative estimate of drug-likeness (QED) is 0.465. The SMILES string of the molecule is CCOc1cc(/C=C/C(=O)Nc2ccc(OC)c(OCc3ccncc3)c2)ccc1OC. The number of benzene rings is 2. The molecule has 0 bridgehead atoms. The zero-order chi connectivity index (χ0) is 22.8. The van der Waals surface area contributed by atoms with E-state index in [0.29, 0.717) is 41.9 Å². The summed E-state index contributed by atoms with van der Waals surface area (Å²) in [6, 6.07) is 14.5. The second-order valence-electron chi connectivity index (χ2n) is 6.68. The Hall–Kier alpha value is -4.00. The first-order valence-electron chi connectivity index (χ1n) is 10.1. The van der Waals surface area contributed by atoms with Crippen LogP contribution in [0.1, 0.15) is 18.1 Å². The van der Waals surface area contributed by atoms with Gasteiger partial charge in [0.25, 0.3) is 0 Å². The van der Waals surface area contributed by atoms with Crippen molar-refractivity contribution in [3.63, 3.8) is 0 Å². The minimum Gasteiger partial charge on any atom is -0.493 e. The third-order valence-electron chi connectivity index (χ3n) is 4.49. The molecule has 0 aliphatic carbocycles. The normalized spacial score (nSPS) is 10.6. The minimum absolute atomic E-state index is 0.274. The summed E-state index contributed by atoms with van der Waals surface area (Å²) in [6.07, 6.45) is 6.58. The summed E-state index contributed by atoms with van der Waals surface area (Å²) in [7, 11) is 3.16. The van der Waals surface area contributed by atoms with Gasteiger partial charge in [-0.15, -0.1) is 0 Å². The number of hydrogen-bond acceptors (Lipinski definition) is 6. The Morgan fingerprint density at radius 3 is 2.28 bits per heavy atom. The highest BCUT2D eigenvalue weighted by Gasteiger charge is 2.08. The molecule has 1 N–H and O–H groups in total. The molecule has 0 saturated carbocycles. The molecular weight excluding hydrogens is 408 g/mol. The van der Waals surface area contributed by atoms with Gasteiger partial charge in [-0.3, -0.25) is 9.78 Å². The van der Waals surface area contributed by atoms with Crippen LogP contribution in [0.4, 0.5) is 5.69 Å². The second kappa shape index (κ2) is 11.4. The lowest BCUT2D eigenvalue weighted by atomic mass is 10.2. The van der Waals surface area contributed by atoms with Crippen LogP contribution in [0, 0.1) is 0 Å². The van der Waals surface area contributed by atoms with Crippen LogP contribution in [-0.2, 0) is 11.4 Å². The maximum Gasteiger partial charge on any atom is 0.248 e. The van der Waals surface area contributed by atoms with Gasteiger partial charge in [0.15, 0.2) is 23.0 Å². The number of carbonyl (C=O) groups is 1. The van der Waals surface area contributed by atoms with Gasteiger partial charge in [0, 0.05) is 30.2 Å². The van der Waals surface area contributed by atoms with Crippen molar-refractivity contribution in [2.75, 3.05) is 26.1 Å². The van der Waals surface area contributed by atoms with Crippen LogP contribution in [0.5, 0.6) is 23.0 Å². The molecule has 2 aromatic carbocycles. The molecule has 0 saturated heterocycles. The summed E-state index contributed by atoms with van der Waals surface area (Å²) in [5.74, 6) is 2.11. The molecule has 0 radical (unpaired) electrons. The largest absolute Gasteiger partial charge is 0.493 e. The van der Waals surface area contributed by atoms with Gasteiger partial charge in [-0.2, -0.15) is 0 Å². The molecule has 0 aliphatic rings. The van der Waals surface area contributed by atoms with E-state index in [1.807, 2.05) is 31.2 Å². The maximum atomic E-state index is 12.4. The highest BCUT2D eigenvalue weighted by Crippen LogP contribution is 2.31. The third kappa shape index (κ3) is 6.25. The number of ether oxygens (including phenoxy) is 4. The number of hydrogen-bond donors (Lipinski definition) is 1. The van der Waals surface area contributed by atoms with Crippen LogP contribution in [-0.4, -0.2) is 31.7 Å². The van der Waals surface area contributed by atoms with E-state index in [0.717, 1.165) is 11.1 Å². The Morgan fingerprint density at radius 2 is 1.59 bits per heavy atom. The predicted molar refractivity (Wildman–Crippen MR) is 123 cm³/mol. The maximum absolute atomic E-state index is 12.4. The number of carbonyl (C=O) groups excluding carboxylic acids is 1. The number of anilines is 1. The number of amides is 1. The summed E-state index contributed by atoms with van der Waals surface area (Å²) in [6.45, 7) is 2.78. The van der Waals surface area contributed by atoms with Gasteiger partial charge in [0.2, 0.25) is 5.91 Å². The van der Waals surface area contributed by atoms with E-state index in [4.69, 9.17) is 18.9 Å². The van der Waals surface area contributed by atoms with E-state index in [1.165, 1.54) is 6.08 Å². The van der Waals surface area contributed by atoms with Crippen molar-refractivity contribution < 1.29 is 23.7 Å². The molecule has 0 unspecified atom stereocenters. The van der Waals surface area contributed by atoms with Crippen LogP contribution in [0.25, 0.3) is 6.08 Å². The second-order valence-corrected chi connectivity index (χ2v) is 6.68. The summed E-state index contributed by atoms with van der Waals surface area (Å²) < 4.78 is 22.1. The van der Waals surface area contributed by atoms with Crippen molar-refractivity contribution in [3.05, 3.63) is 78.1 Å². The first kappa shape index (κ1) is 22.7. The Morgan fingerprint density at radius 1 is 0.906 bits per heavy atom. The molecular formula is C25H26N2O5. The van der Waals surface area contributed by atoms with Crippen LogP contribution in [0.2, 0.25) is 0 Å². The molecule has 0 atom stereocenters. The number of nitrogens with zero attached hydrogens (tertiary/aromatic N) is 1. The average Bonchev–Trinajstić information content (AvgIpc) is 2.82. The molecule has 1 aromatic heterocycles. The van der Waals surface area contributed by atoms with E-state index in [1.54, 1.807) is 57.0 Å². The molecule has 7 heteroatoms. The van der Waals surface area contributed by atoms with Crippen molar-refractivity contribution in [2.45, 2.75) is 13.5 Å². The highest BCUT2D eigenvalue weighted by molar-refractivity contribution is 6.02. The first-order chi connectivity index (χ1) is 15.6. The van der Waals surface area contributed by atoms with E-state index in [-0.39, 0.29) is 5.91 Å². The topological polar surface area (TPSA) is 78.9 Å². The highest BCUT2D eigenvalue weighted by atomic mass is 16.5. The van der Waals surface area contributed by atoms with Gasteiger partial charge >= 0.3 is 0 Å². The van der Waals surface area contributed by atoms with Crippen molar-refractivity contribution >= 4 is 17.7 Å². The van der Waals surface area contributed by atoms with E-state index in [9.17, 15) is 4.79 Å². The lowest BCUT2D eigenvalue weighted by molar-refractivity contribution is -0.111. The number of aromatic nitrogens is 1. The molecule has 166 valence electrons. The predicted octanol–water partition coefficient (Wildman–Crippen LogP) is 4.73. The lowest BCUT2D eigenvalue weighted by Gasteiger charge is -2.12. The zero-order valence-electron chi connectivity index (χ0n) is 18.3. The molecule has 0 aliphatic heterocycles. The molecule has 32 heavy (non-hydrogen) atoms. The molecule has 3 rings (SSSR count). The van der Waals surface area contributed by atoms with Gasteiger partial charge in [0.1, 0.15) is 6.61 Å². The monoisotopic (exact) mass is 434 g/mol. The fourth-order valence-corrected chi connectivity index (χ4v) is 2.93. The summed E-state index contributed by atoms with van der Waals surface area (Å²) in [5, 5.41) is 2.84. The standard InChI is InChI=1S/C25H26N2O5/c1-4-31-23-15-18(5-8-21(23)29-2)6-10-25(28)27-20-7-9-22(30-3)24(16-20)32-17-19-11-13-26-14-12-19/h5-16H,4,17H2,1-3H3,(H,27,28)/b10-6+. The van der Waals surface area contributed by atoms with Gasteiger partial charge in [-0.05, 0) is 60.5 Å². The number of methoxy groups -OCH3 is 2. The summed E-state index contributed by atoms with van der Waals surface area (Å²) in [4.78, 5) is 16.4. The van der Waals surface area contributed by atoms with Crippen LogP contribution in [0.15, 0.2) is 67.0 Å². The van der Waals surface area contributed by atoms with E-state index in [2.05, 4.69) is 10.3 Å². The van der Waals surface area contributed by atoms with E-state index < -0.39 is 0 Å². The summed E-state index contributed by atoms with van der Waals surface area (Å²) >= 11 is 0. The van der Waals surface area contributed by atoms with Gasteiger partial charge in [0.05, 0.1) is 20.8 Å². The third-order valence-corrected chi connectivity index (χ3v) is 4.49. The Labute approximate surface area is 187 Å².